The van der Waals surface area contributed by atoms with Gasteiger partial charge in [0.05, 0.1) is 5.52 Å². The molecule has 0 aliphatic rings. The second-order valence-electron chi connectivity index (χ2n) is 4.13. The van der Waals surface area contributed by atoms with Crippen molar-refractivity contribution in [3.63, 3.8) is 0 Å². The fourth-order valence-electron chi connectivity index (χ4n) is 1.70. The Hall–Kier alpha value is -1.37. The number of fused-ring (bicyclic) bond motifs is 1. The molecular weight excluding hydrogens is 194 g/mol. The minimum absolute atomic E-state index is 0.693. The molecule has 2 rings (SSSR count). The zero-order valence-corrected chi connectivity index (χ0v) is 10.7. The van der Waals surface area contributed by atoms with E-state index in [1.54, 1.807) is 0 Å². The summed E-state index contributed by atoms with van der Waals surface area (Å²) in [4.78, 5) is 4.43. The van der Waals surface area contributed by atoms with Crippen molar-refractivity contribution >= 4 is 10.9 Å². The summed E-state index contributed by atoms with van der Waals surface area (Å²) in [6.45, 7) is 8.46. The van der Waals surface area contributed by atoms with Crippen LogP contribution in [0.15, 0.2) is 36.5 Å². The first-order chi connectivity index (χ1) is 7.75. The van der Waals surface area contributed by atoms with Gasteiger partial charge in [-0.05, 0) is 30.0 Å². The van der Waals surface area contributed by atoms with Crippen molar-refractivity contribution in [2.75, 3.05) is 0 Å². The third kappa shape index (κ3) is 3.34. The Morgan fingerprint density at radius 1 is 1.12 bits per heavy atom. The second-order valence-corrected chi connectivity index (χ2v) is 4.13. The van der Waals surface area contributed by atoms with Crippen LogP contribution in [0, 0.1) is 5.92 Å². The van der Waals surface area contributed by atoms with Gasteiger partial charge in [0.2, 0.25) is 0 Å². The molecule has 0 N–H and O–H groups in total. The molecule has 1 aromatic heterocycles. The van der Waals surface area contributed by atoms with E-state index in [2.05, 4.69) is 43.1 Å². The van der Waals surface area contributed by atoms with Gasteiger partial charge in [0.1, 0.15) is 0 Å². The van der Waals surface area contributed by atoms with Gasteiger partial charge >= 0.3 is 0 Å². The van der Waals surface area contributed by atoms with Gasteiger partial charge in [0, 0.05) is 11.6 Å². The normalized spacial score (nSPS) is 10.1. The molecule has 0 fully saturated rings. The van der Waals surface area contributed by atoms with Crippen LogP contribution in [-0.4, -0.2) is 4.98 Å². The first kappa shape index (κ1) is 12.7. The van der Waals surface area contributed by atoms with Gasteiger partial charge in [0.15, 0.2) is 0 Å². The Kier molecular flexibility index (Phi) is 4.97. The van der Waals surface area contributed by atoms with Crippen molar-refractivity contribution in [2.45, 2.75) is 34.1 Å². The molecule has 0 aliphatic heterocycles. The fraction of sp³-hybridized carbons (Fsp3) is 0.400. The lowest BCUT2D eigenvalue weighted by Gasteiger charge is -2.05. The van der Waals surface area contributed by atoms with Crippen molar-refractivity contribution in [3.8, 4) is 0 Å². The maximum absolute atomic E-state index is 4.43. The summed E-state index contributed by atoms with van der Waals surface area (Å²) < 4.78 is 0. The summed E-state index contributed by atoms with van der Waals surface area (Å²) in [6.07, 6.45) is 3.10. The van der Waals surface area contributed by atoms with Gasteiger partial charge in [-0.15, -0.1) is 0 Å². The fourth-order valence-corrected chi connectivity index (χ4v) is 1.70. The monoisotopic (exact) mass is 215 g/mol. The smallest absolute Gasteiger partial charge is 0.0702 e. The highest BCUT2D eigenvalue weighted by Gasteiger charge is 1.99. The highest BCUT2D eigenvalue weighted by molar-refractivity contribution is 5.78. The van der Waals surface area contributed by atoms with Gasteiger partial charge in [-0.1, -0.05) is 45.9 Å². The SMILES string of the molecule is CC.CC(C)Cc1cnc2ccccc2c1. The van der Waals surface area contributed by atoms with E-state index in [0.717, 1.165) is 11.9 Å². The van der Waals surface area contributed by atoms with E-state index >= 15 is 0 Å². The minimum atomic E-state index is 0.693. The van der Waals surface area contributed by atoms with Gasteiger partial charge < -0.3 is 0 Å². The molecule has 1 heterocycles. The minimum Gasteiger partial charge on any atom is -0.256 e. The maximum atomic E-state index is 4.43. The van der Waals surface area contributed by atoms with Crippen LogP contribution in [0.25, 0.3) is 10.9 Å². The second kappa shape index (κ2) is 6.26. The molecule has 0 saturated carbocycles. The van der Waals surface area contributed by atoms with Crippen LogP contribution < -0.4 is 0 Å². The van der Waals surface area contributed by atoms with E-state index in [1.807, 2.05) is 26.1 Å². The van der Waals surface area contributed by atoms with Crippen molar-refractivity contribution in [1.29, 1.82) is 0 Å². The van der Waals surface area contributed by atoms with Crippen LogP contribution in [0.3, 0.4) is 0 Å². The molecule has 16 heavy (non-hydrogen) atoms. The van der Waals surface area contributed by atoms with E-state index in [0.29, 0.717) is 5.92 Å². The quantitative estimate of drug-likeness (QED) is 0.720. The van der Waals surface area contributed by atoms with Crippen LogP contribution >= 0.6 is 0 Å². The Morgan fingerprint density at radius 2 is 1.81 bits per heavy atom. The third-order valence-electron chi connectivity index (χ3n) is 2.29. The predicted octanol–water partition coefficient (Wildman–Crippen LogP) is 4.46. The number of rotatable bonds is 2. The highest BCUT2D eigenvalue weighted by Crippen LogP contribution is 2.14. The lowest BCUT2D eigenvalue weighted by Crippen LogP contribution is -1.94. The summed E-state index contributed by atoms with van der Waals surface area (Å²) in [5.41, 5.74) is 2.42. The molecule has 2 aromatic rings. The molecule has 0 unspecified atom stereocenters. The van der Waals surface area contributed by atoms with Crippen molar-refractivity contribution in [2.24, 2.45) is 5.92 Å². The van der Waals surface area contributed by atoms with Crippen LogP contribution in [0.5, 0.6) is 0 Å². The van der Waals surface area contributed by atoms with E-state index in [-0.39, 0.29) is 0 Å². The number of aromatic nitrogens is 1. The van der Waals surface area contributed by atoms with Gasteiger partial charge in [-0.3, -0.25) is 4.98 Å². The first-order valence-electron chi connectivity index (χ1n) is 6.09. The highest BCUT2D eigenvalue weighted by atomic mass is 14.6. The van der Waals surface area contributed by atoms with Crippen molar-refractivity contribution in [1.82, 2.24) is 4.98 Å². The van der Waals surface area contributed by atoms with Crippen LogP contribution in [0.2, 0.25) is 0 Å². The van der Waals surface area contributed by atoms with Gasteiger partial charge in [-0.25, -0.2) is 0 Å². The average molecular weight is 215 g/mol. The van der Waals surface area contributed by atoms with E-state index in [4.69, 9.17) is 0 Å². The molecule has 0 atom stereocenters. The van der Waals surface area contributed by atoms with Crippen molar-refractivity contribution in [3.05, 3.63) is 42.1 Å². The van der Waals surface area contributed by atoms with Crippen LogP contribution in [0.4, 0.5) is 0 Å². The van der Waals surface area contributed by atoms with E-state index in [1.165, 1.54) is 10.9 Å². The Bertz CT molecular complexity index is 432. The summed E-state index contributed by atoms with van der Waals surface area (Å²) in [6, 6.07) is 10.5. The molecule has 1 aromatic carbocycles. The molecule has 0 aliphatic carbocycles. The number of para-hydroxylation sites is 1. The summed E-state index contributed by atoms with van der Waals surface area (Å²) in [5.74, 6) is 0.693. The molecule has 1 nitrogen and oxygen atoms in total. The number of nitrogens with zero attached hydrogens (tertiary/aromatic N) is 1. The van der Waals surface area contributed by atoms with Crippen LogP contribution in [-0.2, 0) is 6.42 Å². The molecule has 0 spiro atoms. The number of hydrogen-bond donors (Lipinski definition) is 0. The average Bonchev–Trinajstić information content (AvgIpc) is 2.31. The molecular formula is C15H21N. The predicted molar refractivity (Wildman–Crippen MR) is 71.6 cm³/mol. The molecule has 0 radical (unpaired) electrons. The molecule has 86 valence electrons. The van der Waals surface area contributed by atoms with E-state index in [9.17, 15) is 0 Å². The van der Waals surface area contributed by atoms with E-state index < -0.39 is 0 Å². The third-order valence-corrected chi connectivity index (χ3v) is 2.29. The van der Waals surface area contributed by atoms with Gasteiger partial charge in [0.25, 0.3) is 0 Å². The zero-order chi connectivity index (χ0) is 12.0. The van der Waals surface area contributed by atoms with Crippen molar-refractivity contribution < 1.29 is 0 Å². The summed E-state index contributed by atoms with van der Waals surface area (Å²) >= 11 is 0. The lowest BCUT2D eigenvalue weighted by atomic mass is 10.0. The molecule has 1 heteroatoms. The standard InChI is InChI=1S/C13H15N.C2H6/c1-10(2)7-11-8-12-5-3-4-6-13(12)14-9-11;1-2/h3-6,8-10H,7H2,1-2H3;1-2H3. The van der Waals surface area contributed by atoms with Crippen LogP contribution in [0.1, 0.15) is 33.3 Å². The van der Waals surface area contributed by atoms with Gasteiger partial charge in [-0.2, -0.15) is 0 Å². The number of hydrogen-bond acceptors (Lipinski definition) is 1. The number of benzene rings is 1. The Morgan fingerprint density at radius 3 is 2.50 bits per heavy atom. The molecule has 0 amide bonds. The summed E-state index contributed by atoms with van der Waals surface area (Å²) in [5, 5.41) is 1.24. The lowest BCUT2D eigenvalue weighted by molar-refractivity contribution is 0.646. The Balaban J connectivity index is 0.000000606. The number of pyridine rings is 1. The summed E-state index contributed by atoms with van der Waals surface area (Å²) in [7, 11) is 0. The molecule has 0 saturated heterocycles. The maximum Gasteiger partial charge on any atom is 0.0702 e. The Labute approximate surface area is 98.5 Å². The zero-order valence-electron chi connectivity index (χ0n) is 10.7. The molecule has 0 bridgehead atoms. The first-order valence-corrected chi connectivity index (χ1v) is 6.09. The largest absolute Gasteiger partial charge is 0.256 e. The topological polar surface area (TPSA) is 12.9 Å².